The van der Waals surface area contributed by atoms with Gasteiger partial charge in [0.1, 0.15) is 11.5 Å². The minimum atomic E-state index is -0.307. The molecule has 0 saturated carbocycles. The molecule has 3 aromatic rings. The van der Waals surface area contributed by atoms with E-state index in [0.717, 1.165) is 17.1 Å². The number of carbonyl (C=O) groups excluding carboxylic acids is 1. The Labute approximate surface area is 133 Å². The number of rotatable bonds is 4. The molecule has 0 fully saturated rings. The Morgan fingerprint density at radius 2 is 1.96 bits per heavy atom. The van der Waals surface area contributed by atoms with E-state index in [0.29, 0.717) is 11.5 Å². The normalized spacial score (nSPS) is 10.1. The third kappa shape index (κ3) is 3.88. The minimum Gasteiger partial charge on any atom is -0.354 e. The van der Waals surface area contributed by atoms with Crippen molar-refractivity contribution in [3.63, 3.8) is 0 Å². The van der Waals surface area contributed by atoms with Gasteiger partial charge in [0.2, 0.25) is 0 Å². The SMILES string of the molecule is Cc1cccc(NC(=O)c2cc(Nc3cccnc3)ccn2)n1. The summed E-state index contributed by atoms with van der Waals surface area (Å²) in [5.41, 5.74) is 2.74. The number of aryl methyl sites for hydroxylation is 1. The van der Waals surface area contributed by atoms with Crippen LogP contribution in [0.3, 0.4) is 0 Å². The van der Waals surface area contributed by atoms with Gasteiger partial charge in [-0.05, 0) is 43.3 Å². The van der Waals surface area contributed by atoms with E-state index >= 15 is 0 Å². The monoisotopic (exact) mass is 305 g/mol. The van der Waals surface area contributed by atoms with Crippen LogP contribution in [0, 0.1) is 6.92 Å². The summed E-state index contributed by atoms with van der Waals surface area (Å²) in [5, 5.41) is 5.91. The van der Waals surface area contributed by atoms with Gasteiger partial charge in [0.15, 0.2) is 0 Å². The fourth-order valence-corrected chi connectivity index (χ4v) is 2.03. The van der Waals surface area contributed by atoms with Crippen molar-refractivity contribution in [2.75, 3.05) is 10.6 Å². The lowest BCUT2D eigenvalue weighted by Gasteiger charge is -2.08. The van der Waals surface area contributed by atoms with Crippen molar-refractivity contribution in [2.45, 2.75) is 6.92 Å². The van der Waals surface area contributed by atoms with Gasteiger partial charge in [-0.15, -0.1) is 0 Å². The Morgan fingerprint density at radius 3 is 2.74 bits per heavy atom. The van der Waals surface area contributed by atoms with Gasteiger partial charge in [-0.3, -0.25) is 14.8 Å². The van der Waals surface area contributed by atoms with Crippen LogP contribution in [-0.2, 0) is 0 Å². The number of carbonyl (C=O) groups is 1. The Morgan fingerprint density at radius 1 is 1.04 bits per heavy atom. The lowest BCUT2D eigenvalue weighted by molar-refractivity contribution is 0.102. The third-order valence-corrected chi connectivity index (χ3v) is 3.07. The van der Waals surface area contributed by atoms with Gasteiger partial charge in [0, 0.05) is 23.8 Å². The second-order valence-corrected chi connectivity index (χ2v) is 4.91. The molecule has 3 rings (SSSR count). The van der Waals surface area contributed by atoms with Gasteiger partial charge in [0.25, 0.3) is 5.91 Å². The predicted molar refractivity (Wildman–Crippen MR) is 88.7 cm³/mol. The first-order valence-corrected chi connectivity index (χ1v) is 7.09. The van der Waals surface area contributed by atoms with Crippen LogP contribution in [0.5, 0.6) is 0 Å². The summed E-state index contributed by atoms with van der Waals surface area (Å²) in [6, 6.07) is 12.6. The van der Waals surface area contributed by atoms with E-state index in [1.807, 2.05) is 31.2 Å². The van der Waals surface area contributed by atoms with Crippen LogP contribution >= 0.6 is 0 Å². The molecule has 0 saturated heterocycles. The second kappa shape index (κ2) is 6.65. The zero-order valence-corrected chi connectivity index (χ0v) is 12.5. The molecule has 3 heterocycles. The third-order valence-electron chi connectivity index (χ3n) is 3.07. The standard InChI is InChI=1S/C17H15N5O/c1-12-4-2-6-16(20-12)22-17(23)15-10-13(7-9-19-15)21-14-5-3-8-18-11-14/h2-11H,1H3,(H,19,21)(H,20,22,23). The molecule has 0 aromatic carbocycles. The first kappa shape index (κ1) is 14.6. The molecule has 2 N–H and O–H groups in total. The molecule has 0 radical (unpaired) electrons. The zero-order chi connectivity index (χ0) is 16.1. The molecule has 1 amide bonds. The van der Waals surface area contributed by atoms with Crippen LogP contribution in [0.25, 0.3) is 0 Å². The molecule has 114 valence electrons. The summed E-state index contributed by atoms with van der Waals surface area (Å²) < 4.78 is 0. The molecule has 0 aliphatic carbocycles. The van der Waals surface area contributed by atoms with E-state index in [4.69, 9.17) is 0 Å². The maximum absolute atomic E-state index is 12.3. The molecule has 6 nitrogen and oxygen atoms in total. The highest BCUT2D eigenvalue weighted by atomic mass is 16.1. The number of aromatic nitrogens is 3. The highest BCUT2D eigenvalue weighted by Gasteiger charge is 2.09. The van der Waals surface area contributed by atoms with Gasteiger partial charge < -0.3 is 10.6 Å². The molecular formula is C17H15N5O. The Bertz CT molecular complexity index is 820. The minimum absolute atomic E-state index is 0.307. The summed E-state index contributed by atoms with van der Waals surface area (Å²) >= 11 is 0. The van der Waals surface area contributed by atoms with Gasteiger partial charge in [-0.1, -0.05) is 6.07 Å². The quantitative estimate of drug-likeness (QED) is 0.774. The first-order chi connectivity index (χ1) is 11.2. The second-order valence-electron chi connectivity index (χ2n) is 4.91. The molecular weight excluding hydrogens is 290 g/mol. The van der Waals surface area contributed by atoms with E-state index < -0.39 is 0 Å². The number of amides is 1. The Hall–Kier alpha value is -3.28. The number of nitrogens with one attached hydrogen (secondary N) is 2. The predicted octanol–water partition coefficient (Wildman–Crippen LogP) is 3.18. The molecule has 0 atom stereocenters. The van der Waals surface area contributed by atoms with E-state index in [1.54, 1.807) is 36.8 Å². The average Bonchev–Trinajstić information content (AvgIpc) is 2.56. The summed E-state index contributed by atoms with van der Waals surface area (Å²) in [5.74, 6) is 0.195. The highest BCUT2D eigenvalue weighted by Crippen LogP contribution is 2.16. The van der Waals surface area contributed by atoms with Crippen LogP contribution in [0.15, 0.2) is 61.1 Å². The molecule has 0 unspecified atom stereocenters. The van der Waals surface area contributed by atoms with Crippen LogP contribution in [-0.4, -0.2) is 20.9 Å². The van der Waals surface area contributed by atoms with E-state index in [1.165, 1.54) is 0 Å². The number of pyridine rings is 3. The zero-order valence-electron chi connectivity index (χ0n) is 12.5. The molecule has 23 heavy (non-hydrogen) atoms. The number of nitrogens with zero attached hydrogens (tertiary/aromatic N) is 3. The highest BCUT2D eigenvalue weighted by molar-refractivity contribution is 6.02. The number of anilines is 3. The lowest BCUT2D eigenvalue weighted by Crippen LogP contribution is -2.14. The molecule has 3 aromatic heterocycles. The van der Waals surface area contributed by atoms with Crippen molar-refractivity contribution in [1.29, 1.82) is 0 Å². The molecule has 0 aliphatic heterocycles. The van der Waals surface area contributed by atoms with Gasteiger partial charge in [0.05, 0.1) is 11.9 Å². The maximum atomic E-state index is 12.3. The van der Waals surface area contributed by atoms with Crippen molar-refractivity contribution < 1.29 is 4.79 Å². The molecule has 0 spiro atoms. The topological polar surface area (TPSA) is 79.8 Å². The van der Waals surface area contributed by atoms with Crippen LogP contribution in [0.4, 0.5) is 17.2 Å². The largest absolute Gasteiger partial charge is 0.354 e. The van der Waals surface area contributed by atoms with E-state index in [9.17, 15) is 4.79 Å². The van der Waals surface area contributed by atoms with Gasteiger partial charge in [-0.2, -0.15) is 0 Å². The molecule has 0 bridgehead atoms. The summed E-state index contributed by atoms with van der Waals surface area (Å²) in [6.45, 7) is 1.87. The van der Waals surface area contributed by atoms with Crippen LogP contribution in [0.2, 0.25) is 0 Å². The fraction of sp³-hybridized carbons (Fsp3) is 0.0588. The van der Waals surface area contributed by atoms with Crippen LogP contribution in [0.1, 0.15) is 16.2 Å². The average molecular weight is 305 g/mol. The summed E-state index contributed by atoms with van der Waals surface area (Å²) in [4.78, 5) is 24.7. The van der Waals surface area contributed by atoms with Crippen molar-refractivity contribution >= 4 is 23.1 Å². The number of hydrogen-bond acceptors (Lipinski definition) is 5. The first-order valence-electron chi connectivity index (χ1n) is 7.09. The summed E-state index contributed by atoms with van der Waals surface area (Å²) in [7, 11) is 0. The van der Waals surface area contributed by atoms with E-state index in [2.05, 4.69) is 25.6 Å². The van der Waals surface area contributed by atoms with Crippen molar-refractivity contribution in [1.82, 2.24) is 15.0 Å². The fourth-order valence-electron chi connectivity index (χ4n) is 2.03. The van der Waals surface area contributed by atoms with Gasteiger partial charge in [-0.25, -0.2) is 4.98 Å². The molecule has 6 heteroatoms. The van der Waals surface area contributed by atoms with Crippen LogP contribution < -0.4 is 10.6 Å². The maximum Gasteiger partial charge on any atom is 0.275 e. The Balaban J connectivity index is 1.75. The smallest absolute Gasteiger partial charge is 0.275 e. The van der Waals surface area contributed by atoms with E-state index in [-0.39, 0.29) is 5.91 Å². The van der Waals surface area contributed by atoms with Crippen molar-refractivity contribution in [2.24, 2.45) is 0 Å². The van der Waals surface area contributed by atoms with Crippen molar-refractivity contribution in [3.8, 4) is 0 Å². The number of hydrogen-bond donors (Lipinski definition) is 2. The summed E-state index contributed by atoms with van der Waals surface area (Å²) in [6.07, 6.45) is 4.99. The lowest BCUT2D eigenvalue weighted by atomic mass is 10.3. The van der Waals surface area contributed by atoms with Crippen molar-refractivity contribution in [3.05, 3.63) is 72.4 Å². The Kier molecular flexibility index (Phi) is 4.24. The molecule has 0 aliphatic rings. The van der Waals surface area contributed by atoms with Gasteiger partial charge >= 0.3 is 0 Å².